The molecule has 0 saturated carbocycles. The SMILES string of the molecule is O=P(O)(O)CCOCCN(CCOCCP(=O)(O)O)CCOCCP(=O)(O)O. The van der Waals surface area contributed by atoms with Gasteiger partial charge in [-0.05, 0) is 0 Å². The van der Waals surface area contributed by atoms with Gasteiger partial charge < -0.3 is 43.6 Å². The topological polar surface area (TPSA) is 204 Å². The maximum absolute atomic E-state index is 10.7. The Bertz CT molecular complexity index is 468. The standard InChI is InChI=1S/C12H30NO12P3/c14-26(15,16)10-7-23-4-1-13(2-5-24-8-11-27(17,18)19)3-6-25-9-12-28(20,21)22/h1-12H2,(H2,14,15,16)(H2,17,18,19)(H2,20,21,22). The van der Waals surface area contributed by atoms with Gasteiger partial charge in [0.1, 0.15) is 0 Å². The minimum Gasteiger partial charge on any atom is -0.379 e. The van der Waals surface area contributed by atoms with Crippen molar-refractivity contribution in [2.45, 2.75) is 0 Å². The van der Waals surface area contributed by atoms with Crippen LogP contribution in [0.4, 0.5) is 0 Å². The summed E-state index contributed by atoms with van der Waals surface area (Å²) in [5.41, 5.74) is 0. The molecule has 0 unspecified atom stereocenters. The Morgan fingerprint density at radius 1 is 0.500 bits per heavy atom. The summed E-state index contributed by atoms with van der Waals surface area (Å²) < 4.78 is 47.7. The first kappa shape index (κ1) is 28.3. The second-order valence-corrected chi connectivity index (χ2v) is 11.2. The Labute approximate surface area is 163 Å². The van der Waals surface area contributed by atoms with Crippen LogP contribution in [0, 0.1) is 0 Å². The molecule has 0 fully saturated rings. The quantitative estimate of drug-likeness (QED) is 0.103. The molecule has 0 aromatic carbocycles. The zero-order valence-corrected chi connectivity index (χ0v) is 18.1. The first-order valence-electron chi connectivity index (χ1n) is 8.38. The van der Waals surface area contributed by atoms with E-state index in [2.05, 4.69) is 0 Å². The summed E-state index contributed by atoms with van der Waals surface area (Å²) in [5, 5.41) is 0. The molecule has 0 aliphatic carbocycles. The number of ether oxygens (including phenoxy) is 3. The molecule has 0 radical (unpaired) electrons. The van der Waals surface area contributed by atoms with Gasteiger partial charge in [0, 0.05) is 19.6 Å². The lowest BCUT2D eigenvalue weighted by Crippen LogP contribution is -2.34. The van der Waals surface area contributed by atoms with E-state index >= 15 is 0 Å². The van der Waals surface area contributed by atoms with Crippen LogP contribution in [0.5, 0.6) is 0 Å². The maximum atomic E-state index is 10.7. The van der Waals surface area contributed by atoms with Gasteiger partial charge in [-0.3, -0.25) is 18.6 Å². The fourth-order valence-electron chi connectivity index (χ4n) is 1.77. The highest BCUT2D eigenvalue weighted by Crippen LogP contribution is 2.34. The molecule has 28 heavy (non-hydrogen) atoms. The molecule has 0 aromatic heterocycles. The highest BCUT2D eigenvalue weighted by atomic mass is 31.2. The average molecular weight is 473 g/mol. The summed E-state index contributed by atoms with van der Waals surface area (Å²) in [5.74, 6) is 0. The van der Waals surface area contributed by atoms with Crippen LogP contribution in [-0.4, -0.2) is 112 Å². The van der Waals surface area contributed by atoms with Gasteiger partial charge in [0.15, 0.2) is 0 Å². The molecular formula is C12H30NO12P3. The Morgan fingerprint density at radius 3 is 0.964 bits per heavy atom. The molecule has 0 rings (SSSR count). The number of nitrogens with zero attached hydrogens (tertiary/aromatic N) is 1. The van der Waals surface area contributed by atoms with E-state index in [1.54, 1.807) is 0 Å². The third kappa shape index (κ3) is 22.6. The Morgan fingerprint density at radius 2 is 0.750 bits per heavy atom. The van der Waals surface area contributed by atoms with Crippen LogP contribution in [0.25, 0.3) is 0 Å². The van der Waals surface area contributed by atoms with Crippen LogP contribution in [0.15, 0.2) is 0 Å². The van der Waals surface area contributed by atoms with Crippen LogP contribution < -0.4 is 0 Å². The molecule has 0 aromatic rings. The fraction of sp³-hybridized carbons (Fsp3) is 1.00. The highest BCUT2D eigenvalue weighted by Gasteiger charge is 2.14. The van der Waals surface area contributed by atoms with Crippen LogP contribution in [0.3, 0.4) is 0 Å². The van der Waals surface area contributed by atoms with Crippen LogP contribution in [-0.2, 0) is 27.9 Å². The van der Waals surface area contributed by atoms with Gasteiger partial charge in [0.25, 0.3) is 0 Å². The van der Waals surface area contributed by atoms with Gasteiger partial charge in [0.2, 0.25) is 0 Å². The smallest absolute Gasteiger partial charge is 0.327 e. The summed E-state index contributed by atoms with van der Waals surface area (Å²) in [6, 6.07) is 0. The average Bonchev–Trinajstić information content (AvgIpc) is 2.49. The molecule has 13 nitrogen and oxygen atoms in total. The predicted octanol–water partition coefficient (Wildman–Crippen LogP) is -1.13. The van der Waals surface area contributed by atoms with E-state index in [1.165, 1.54) is 0 Å². The highest BCUT2D eigenvalue weighted by molar-refractivity contribution is 7.52. The lowest BCUT2D eigenvalue weighted by Gasteiger charge is -2.22. The molecule has 0 aliphatic rings. The molecule has 0 bridgehead atoms. The summed E-state index contributed by atoms with van der Waals surface area (Å²) in [4.78, 5) is 54.3. The second kappa shape index (κ2) is 14.3. The molecule has 6 N–H and O–H groups in total. The summed E-state index contributed by atoms with van der Waals surface area (Å²) in [7, 11) is -12.3. The number of hydrogen-bond donors (Lipinski definition) is 6. The predicted molar refractivity (Wildman–Crippen MR) is 99.6 cm³/mol. The Hall–Kier alpha value is 0.290. The minimum absolute atomic E-state index is 0.101. The van der Waals surface area contributed by atoms with Gasteiger partial charge in [-0.2, -0.15) is 0 Å². The van der Waals surface area contributed by atoms with Gasteiger partial charge >= 0.3 is 22.8 Å². The van der Waals surface area contributed by atoms with Crippen molar-refractivity contribution in [3.63, 3.8) is 0 Å². The van der Waals surface area contributed by atoms with Crippen molar-refractivity contribution in [2.75, 3.05) is 77.8 Å². The van der Waals surface area contributed by atoms with E-state index in [-0.39, 0.29) is 58.1 Å². The normalized spacial score (nSPS) is 13.4. The van der Waals surface area contributed by atoms with Gasteiger partial charge in [-0.15, -0.1) is 0 Å². The van der Waals surface area contributed by atoms with Gasteiger partial charge in [0.05, 0.1) is 58.1 Å². The van der Waals surface area contributed by atoms with E-state index in [0.717, 1.165) is 0 Å². The Kier molecular flexibility index (Phi) is 14.5. The molecule has 170 valence electrons. The molecule has 0 heterocycles. The van der Waals surface area contributed by atoms with Crippen LogP contribution in [0.1, 0.15) is 0 Å². The van der Waals surface area contributed by atoms with E-state index in [0.29, 0.717) is 19.6 Å². The van der Waals surface area contributed by atoms with E-state index in [1.807, 2.05) is 4.90 Å². The molecule has 0 amide bonds. The fourth-order valence-corrected chi connectivity index (χ4v) is 2.87. The van der Waals surface area contributed by atoms with Crippen molar-refractivity contribution in [1.29, 1.82) is 0 Å². The lowest BCUT2D eigenvalue weighted by molar-refractivity contribution is 0.0601. The summed E-state index contributed by atoms with van der Waals surface area (Å²) in [6.07, 6.45) is -1.15. The van der Waals surface area contributed by atoms with E-state index in [4.69, 9.17) is 43.6 Å². The van der Waals surface area contributed by atoms with Crippen molar-refractivity contribution in [1.82, 2.24) is 4.90 Å². The molecule has 0 saturated heterocycles. The van der Waals surface area contributed by atoms with Crippen molar-refractivity contribution in [3.05, 3.63) is 0 Å². The summed E-state index contributed by atoms with van der Waals surface area (Å²) >= 11 is 0. The third-order valence-electron chi connectivity index (χ3n) is 3.24. The van der Waals surface area contributed by atoms with Crippen LogP contribution in [0.2, 0.25) is 0 Å². The first-order chi connectivity index (χ1) is 12.8. The largest absolute Gasteiger partial charge is 0.379 e. The van der Waals surface area contributed by atoms with Crippen molar-refractivity contribution >= 4 is 22.8 Å². The van der Waals surface area contributed by atoms with Gasteiger partial charge in [-0.25, -0.2) is 0 Å². The van der Waals surface area contributed by atoms with Gasteiger partial charge in [-0.1, -0.05) is 0 Å². The summed E-state index contributed by atoms with van der Waals surface area (Å²) in [6.45, 7) is 1.39. The molecular weight excluding hydrogens is 443 g/mol. The zero-order chi connectivity index (χ0) is 21.7. The second-order valence-electron chi connectivity index (χ2n) is 5.84. The molecule has 16 heteroatoms. The first-order valence-corrected chi connectivity index (χ1v) is 13.8. The van der Waals surface area contributed by atoms with Crippen molar-refractivity contribution < 1.29 is 57.3 Å². The van der Waals surface area contributed by atoms with Crippen molar-refractivity contribution in [3.8, 4) is 0 Å². The lowest BCUT2D eigenvalue weighted by atomic mass is 10.4. The number of hydrogen-bond acceptors (Lipinski definition) is 7. The molecule has 0 spiro atoms. The van der Waals surface area contributed by atoms with Crippen LogP contribution >= 0.6 is 22.8 Å². The monoisotopic (exact) mass is 473 g/mol. The van der Waals surface area contributed by atoms with E-state index < -0.39 is 22.8 Å². The molecule has 0 atom stereocenters. The zero-order valence-electron chi connectivity index (χ0n) is 15.4. The maximum Gasteiger partial charge on any atom is 0.327 e. The van der Waals surface area contributed by atoms with E-state index in [9.17, 15) is 13.7 Å². The minimum atomic E-state index is -4.11. The van der Waals surface area contributed by atoms with Crippen molar-refractivity contribution in [2.24, 2.45) is 0 Å². The molecule has 0 aliphatic heterocycles. The third-order valence-corrected chi connectivity index (χ3v) is 5.53. The Balaban J connectivity index is 4.13. The number of rotatable bonds is 18.